The second-order valence-corrected chi connectivity index (χ2v) is 2.10. The third kappa shape index (κ3) is 4.64. The van der Waals surface area contributed by atoms with Gasteiger partial charge in [0.05, 0.1) is 0 Å². The number of rotatable bonds is 6. The van der Waals surface area contributed by atoms with Crippen LogP contribution in [0.15, 0.2) is 0 Å². The molecule has 0 saturated heterocycles. The van der Waals surface area contributed by atoms with E-state index in [1.54, 1.807) is 0 Å². The van der Waals surface area contributed by atoms with E-state index in [9.17, 15) is 9.59 Å². The van der Waals surface area contributed by atoms with Crippen LogP contribution in [0.1, 0.15) is 6.42 Å². The molecule has 0 aromatic rings. The summed E-state index contributed by atoms with van der Waals surface area (Å²) in [6.45, 7) is -0.864. The molecule has 0 aliphatic carbocycles. The van der Waals surface area contributed by atoms with E-state index in [1.165, 1.54) is 0 Å². The Morgan fingerprint density at radius 1 is 1.33 bits per heavy atom. The maximum Gasteiger partial charge on any atom is 0.322 e. The predicted octanol–water partition coefficient (Wildman–Crippen LogP) is -1.49. The lowest BCUT2D eigenvalue weighted by Gasteiger charge is -2.08. The summed E-state index contributed by atoms with van der Waals surface area (Å²) >= 11 is 0. The molecule has 0 rings (SSSR count). The van der Waals surface area contributed by atoms with Gasteiger partial charge in [0.25, 0.3) is 0 Å². The van der Waals surface area contributed by atoms with Gasteiger partial charge in [0, 0.05) is 6.61 Å². The van der Waals surface area contributed by atoms with E-state index in [1.807, 2.05) is 0 Å². The van der Waals surface area contributed by atoms with Gasteiger partial charge < -0.3 is 15.3 Å². The van der Waals surface area contributed by atoms with Crippen molar-refractivity contribution in [2.45, 2.75) is 12.5 Å². The minimum atomic E-state index is -1.22. The molecule has 69 valence electrons. The van der Waals surface area contributed by atoms with Crippen LogP contribution in [0, 0.1) is 0 Å². The van der Waals surface area contributed by atoms with Gasteiger partial charge in [-0.25, -0.2) is 5.32 Å². The number of carbonyl (C=O) groups is 2. The minimum absolute atomic E-state index is 0.0530. The fourth-order valence-corrected chi connectivity index (χ4v) is 0.603. The molecule has 0 saturated carbocycles. The summed E-state index contributed by atoms with van der Waals surface area (Å²) in [7, 11) is 0. The smallest absolute Gasteiger partial charge is 0.322 e. The van der Waals surface area contributed by atoms with Gasteiger partial charge in [0.1, 0.15) is 12.6 Å². The van der Waals surface area contributed by atoms with Crippen molar-refractivity contribution in [3.63, 3.8) is 0 Å². The molecule has 0 aromatic carbocycles. The SMILES string of the molecule is O=C(O)C[N]C(CCO)C(=O)O. The van der Waals surface area contributed by atoms with Gasteiger partial charge in [-0.2, -0.15) is 0 Å². The zero-order valence-electron chi connectivity index (χ0n) is 6.30. The quantitative estimate of drug-likeness (QED) is 0.456. The molecule has 1 atom stereocenters. The van der Waals surface area contributed by atoms with Crippen LogP contribution in [0.25, 0.3) is 0 Å². The van der Waals surface area contributed by atoms with E-state index in [0.29, 0.717) is 0 Å². The molecule has 0 aliphatic heterocycles. The van der Waals surface area contributed by atoms with Crippen LogP contribution in [0.3, 0.4) is 0 Å². The number of carboxylic acids is 2. The molecule has 0 amide bonds. The van der Waals surface area contributed by atoms with Crippen molar-refractivity contribution in [1.82, 2.24) is 5.32 Å². The number of aliphatic carboxylic acids is 2. The van der Waals surface area contributed by atoms with Crippen LogP contribution in [0.5, 0.6) is 0 Å². The molecule has 0 heterocycles. The van der Waals surface area contributed by atoms with Crippen LogP contribution >= 0.6 is 0 Å². The fraction of sp³-hybridized carbons (Fsp3) is 0.667. The highest BCUT2D eigenvalue weighted by molar-refractivity contribution is 5.75. The average Bonchev–Trinajstić information content (AvgIpc) is 1.96. The lowest BCUT2D eigenvalue weighted by Crippen LogP contribution is -2.34. The summed E-state index contributed by atoms with van der Waals surface area (Å²) in [6.07, 6.45) is -0.0530. The Labute approximate surface area is 68.8 Å². The van der Waals surface area contributed by atoms with E-state index in [2.05, 4.69) is 5.32 Å². The van der Waals surface area contributed by atoms with Crippen molar-refractivity contribution in [2.24, 2.45) is 0 Å². The normalized spacial score (nSPS) is 12.4. The van der Waals surface area contributed by atoms with Gasteiger partial charge in [-0.15, -0.1) is 0 Å². The lowest BCUT2D eigenvalue weighted by molar-refractivity contribution is -0.141. The summed E-state index contributed by atoms with van der Waals surface area (Å²) in [5.74, 6) is -2.40. The first-order valence-corrected chi connectivity index (χ1v) is 3.30. The highest BCUT2D eigenvalue weighted by Crippen LogP contribution is 1.92. The van der Waals surface area contributed by atoms with Crippen molar-refractivity contribution < 1.29 is 24.9 Å². The Bertz CT molecular complexity index is 169. The maximum absolute atomic E-state index is 10.3. The summed E-state index contributed by atoms with van der Waals surface area (Å²) in [4.78, 5) is 20.3. The van der Waals surface area contributed by atoms with Gasteiger partial charge in [0.15, 0.2) is 0 Å². The fourth-order valence-electron chi connectivity index (χ4n) is 0.603. The first kappa shape index (κ1) is 10.9. The maximum atomic E-state index is 10.3. The molecule has 1 radical (unpaired) electrons. The van der Waals surface area contributed by atoms with Gasteiger partial charge in [0.2, 0.25) is 0 Å². The van der Waals surface area contributed by atoms with Crippen LogP contribution in [0.4, 0.5) is 0 Å². The van der Waals surface area contributed by atoms with Gasteiger partial charge in [-0.3, -0.25) is 9.59 Å². The second-order valence-electron chi connectivity index (χ2n) is 2.10. The van der Waals surface area contributed by atoms with E-state index in [-0.39, 0.29) is 13.0 Å². The zero-order valence-corrected chi connectivity index (χ0v) is 6.30. The number of aliphatic hydroxyl groups excluding tert-OH is 1. The topological polar surface area (TPSA) is 109 Å². The van der Waals surface area contributed by atoms with Crippen molar-refractivity contribution in [3.8, 4) is 0 Å². The Morgan fingerprint density at radius 2 is 1.92 bits per heavy atom. The summed E-state index contributed by atoms with van der Waals surface area (Å²) in [6, 6.07) is -1.12. The second kappa shape index (κ2) is 5.50. The van der Waals surface area contributed by atoms with Crippen LogP contribution in [-0.2, 0) is 9.59 Å². The molecule has 6 nitrogen and oxygen atoms in total. The molecule has 1 unspecified atom stereocenters. The molecule has 6 heteroatoms. The highest BCUT2D eigenvalue weighted by atomic mass is 16.4. The van der Waals surface area contributed by atoms with Gasteiger partial charge in [-0.05, 0) is 6.42 Å². The standard InChI is InChI=1S/C6H10NO5/c8-2-1-4(6(11)12)7-3-5(9)10/h4,8H,1-3H2,(H,9,10)(H,11,12). The number of nitrogens with zero attached hydrogens (tertiary/aromatic N) is 1. The predicted molar refractivity (Wildman–Crippen MR) is 37.8 cm³/mol. The molecule has 3 N–H and O–H groups in total. The number of carboxylic acid groups (broad SMARTS) is 2. The van der Waals surface area contributed by atoms with E-state index in [4.69, 9.17) is 15.3 Å². The number of hydrogen-bond donors (Lipinski definition) is 3. The van der Waals surface area contributed by atoms with Crippen molar-refractivity contribution in [3.05, 3.63) is 0 Å². The summed E-state index contributed by atoms with van der Waals surface area (Å²) in [5, 5.41) is 28.3. The van der Waals surface area contributed by atoms with E-state index in [0.717, 1.165) is 0 Å². The van der Waals surface area contributed by atoms with Crippen molar-refractivity contribution >= 4 is 11.9 Å². The molecule has 0 aromatic heterocycles. The van der Waals surface area contributed by atoms with Gasteiger partial charge >= 0.3 is 11.9 Å². The lowest BCUT2D eigenvalue weighted by atomic mass is 10.2. The molecule has 0 spiro atoms. The molecule has 0 fully saturated rings. The summed E-state index contributed by atoms with van der Waals surface area (Å²) in [5.41, 5.74) is 0. The van der Waals surface area contributed by atoms with E-state index < -0.39 is 24.5 Å². The largest absolute Gasteiger partial charge is 0.480 e. The first-order valence-electron chi connectivity index (χ1n) is 3.30. The van der Waals surface area contributed by atoms with E-state index >= 15 is 0 Å². The average molecular weight is 176 g/mol. The molecular weight excluding hydrogens is 166 g/mol. The monoisotopic (exact) mass is 176 g/mol. The number of hydrogen-bond acceptors (Lipinski definition) is 3. The van der Waals surface area contributed by atoms with Crippen LogP contribution in [0.2, 0.25) is 0 Å². The Hall–Kier alpha value is -1.14. The molecule has 0 aliphatic rings. The van der Waals surface area contributed by atoms with Crippen LogP contribution in [-0.4, -0.2) is 46.5 Å². The Kier molecular flexibility index (Phi) is 4.98. The van der Waals surface area contributed by atoms with Gasteiger partial charge in [-0.1, -0.05) is 0 Å². The minimum Gasteiger partial charge on any atom is -0.480 e. The third-order valence-electron chi connectivity index (χ3n) is 1.13. The van der Waals surface area contributed by atoms with Crippen LogP contribution < -0.4 is 5.32 Å². The first-order chi connectivity index (χ1) is 5.57. The molecular formula is C6H10NO5. The van der Waals surface area contributed by atoms with Crippen molar-refractivity contribution in [1.29, 1.82) is 0 Å². The highest BCUT2D eigenvalue weighted by Gasteiger charge is 2.18. The Morgan fingerprint density at radius 3 is 2.25 bits per heavy atom. The molecule has 0 bridgehead atoms. The molecule has 12 heavy (non-hydrogen) atoms. The Balaban J connectivity index is 3.79. The summed E-state index contributed by atoms with van der Waals surface area (Å²) < 4.78 is 0. The third-order valence-corrected chi connectivity index (χ3v) is 1.13. The number of aliphatic hydroxyl groups is 1. The van der Waals surface area contributed by atoms with Crippen molar-refractivity contribution in [2.75, 3.05) is 13.2 Å². The zero-order chi connectivity index (χ0) is 9.56.